The van der Waals surface area contributed by atoms with Crippen molar-refractivity contribution >= 4 is 34.7 Å². The van der Waals surface area contributed by atoms with Crippen molar-refractivity contribution in [3.05, 3.63) is 75.5 Å². The molecule has 198 valence electrons. The van der Waals surface area contributed by atoms with Gasteiger partial charge in [0.05, 0.1) is 16.3 Å². The lowest BCUT2D eigenvalue weighted by Gasteiger charge is -2.33. The van der Waals surface area contributed by atoms with Gasteiger partial charge in [-0.3, -0.25) is 19.1 Å². The quantitative estimate of drug-likeness (QED) is 0.382. The van der Waals surface area contributed by atoms with Crippen LogP contribution in [0.1, 0.15) is 24.8 Å². The summed E-state index contributed by atoms with van der Waals surface area (Å²) in [6.45, 7) is 0. The molecule has 2 atom stereocenters. The number of H-pyrrole nitrogens is 1. The maximum atomic E-state index is 15.2. The normalized spacial score (nSPS) is 18.7. The number of halogens is 3. The van der Waals surface area contributed by atoms with E-state index in [0.29, 0.717) is 24.1 Å². The van der Waals surface area contributed by atoms with Crippen molar-refractivity contribution < 1.29 is 22.9 Å². The molecule has 4 aromatic rings. The Morgan fingerprint density at radius 3 is 2.74 bits per heavy atom. The Morgan fingerprint density at radius 2 is 2.03 bits per heavy atom. The van der Waals surface area contributed by atoms with Crippen molar-refractivity contribution in [2.75, 3.05) is 5.32 Å². The van der Waals surface area contributed by atoms with Crippen LogP contribution in [0.25, 0.3) is 22.6 Å². The maximum Gasteiger partial charge on any atom is 0.439 e. The number of nitrogens with zero attached hydrogens (tertiary/aromatic N) is 6. The van der Waals surface area contributed by atoms with Crippen LogP contribution < -0.4 is 11.1 Å². The zero-order chi connectivity index (χ0) is 27.3. The predicted molar refractivity (Wildman–Crippen MR) is 132 cm³/mol. The number of fused-ring (bicyclic) bond motifs is 1. The number of aromatic nitrogens is 6. The number of anilines is 1. The molecule has 12 nitrogen and oxygen atoms in total. The molecule has 0 bridgehead atoms. The number of carbonyl (C=O) groups is 2. The summed E-state index contributed by atoms with van der Waals surface area (Å²) in [7, 11) is 0. The lowest BCUT2D eigenvalue weighted by molar-refractivity contribution is -0.135. The fourth-order valence-corrected chi connectivity index (χ4v) is 5.21. The molecule has 0 aliphatic carbocycles. The maximum absolute atomic E-state index is 15.2. The van der Waals surface area contributed by atoms with Gasteiger partial charge in [-0.25, -0.2) is 13.6 Å². The first-order valence-corrected chi connectivity index (χ1v) is 12.1. The number of rotatable bonds is 5. The lowest BCUT2D eigenvalue weighted by Crippen LogP contribution is -2.48. The van der Waals surface area contributed by atoms with Gasteiger partial charge in [0, 0.05) is 23.4 Å². The van der Waals surface area contributed by atoms with E-state index in [4.69, 9.17) is 11.6 Å². The summed E-state index contributed by atoms with van der Waals surface area (Å²) in [5, 5.41) is 17.0. The molecular formula is C24H17ClF2N8O4. The number of hydrogen-bond donors (Lipinski definition) is 2. The summed E-state index contributed by atoms with van der Waals surface area (Å²) >= 11 is 6.05. The molecule has 1 saturated heterocycles. The molecule has 0 saturated carbocycles. The van der Waals surface area contributed by atoms with Crippen LogP contribution in [0.4, 0.5) is 14.5 Å². The molecule has 4 heterocycles. The molecule has 1 fully saturated rings. The molecule has 0 spiro atoms. The van der Waals surface area contributed by atoms with Crippen LogP contribution in [0.5, 0.6) is 0 Å². The largest absolute Gasteiger partial charge is 0.439 e. The molecule has 2 aromatic carbocycles. The van der Waals surface area contributed by atoms with E-state index in [9.17, 15) is 18.8 Å². The van der Waals surface area contributed by atoms with Crippen molar-refractivity contribution in [2.24, 2.45) is 0 Å². The smallest absolute Gasteiger partial charge is 0.324 e. The van der Waals surface area contributed by atoms with Crippen LogP contribution in [0.3, 0.4) is 0 Å². The molecule has 2 aromatic heterocycles. The predicted octanol–water partition coefficient (Wildman–Crippen LogP) is 2.72. The Hall–Kier alpha value is -4.72. The minimum absolute atomic E-state index is 0.0158. The first kappa shape index (κ1) is 24.6. The van der Waals surface area contributed by atoms with E-state index < -0.39 is 35.2 Å². The van der Waals surface area contributed by atoms with Gasteiger partial charge in [-0.2, -0.15) is 4.68 Å². The molecule has 2 aliphatic heterocycles. The van der Waals surface area contributed by atoms with Gasteiger partial charge in [0.25, 0.3) is 0 Å². The highest BCUT2D eigenvalue weighted by Crippen LogP contribution is 2.40. The first-order valence-electron chi connectivity index (χ1n) is 11.7. The van der Waals surface area contributed by atoms with Crippen molar-refractivity contribution in [1.29, 1.82) is 0 Å². The Balaban J connectivity index is 1.24. The molecule has 39 heavy (non-hydrogen) atoms. The Bertz CT molecular complexity index is 1700. The van der Waals surface area contributed by atoms with Crippen molar-refractivity contribution in [1.82, 2.24) is 35.2 Å². The second kappa shape index (κ2) is 9.54. The van der Waals surface area contributed by atoms with Gasteiger partial charge >= 0.3 is 5.76 Å². The summed E-state index contributed by atoms with van der Waals surface area (Å²) in [5.74, 6) is -3.32. The Morgan fingerprint density at radius 1 is 1.18 bits per heavy atom. The molecule has 2 aliphatic rings. The first-order chi connectivity index (χ1) is 18.8. The number of aromatic amines is 1. The Labute approximate surface area is 222 Å². The topological polar surface area (TPSA) is 152 Å². The third-order valence-electron chi connectivity index (χ3n) is 6.73. The average molecular weight is 555 g/mol. The number of nitrogens with one attached hydrogen (secondary N) is 2. The zero-order valence-corrected chi connectivity index (χ0v) is 20.5. The highest BCUT2D eigenvalue weighted by Gasteiger charge is 2.43. The molecule has 15 heteroatoms. The molecule has 2 N–H and O–H groups in total. The standard InChI is InChI=1S/C24H17ClF2N8O4/c25-15-4-6-17(34-10-28-32-33-34)20(21(15)27)11-7-13-2-5-18(35(13)19(36)8-11)23(37)29-12-1-3-14(16(26)9-12)22-30-24(38)39-31-22/h1,3-4,6,8-10,13,18H,2,5,7H2,(H,29,37)(H,30,31,38)/t13?,18-/m0/s1. The van der Waals surface area contributed by atoms with Crippen LogP contribution in [0.15, 0.2) is 52.1 Å². The van der Waals surface area contributed by atoms with E-state index in [1.54, 1.807) is 6.07 Å². The van der Waals surface area contributed by atoms with E-state index in [1.165, 1.54) is 40.2 Å². The zero-order valence-electron chi connectivity index (χ0n) is 19.8. The third kappa shape index (κ3) is 4.37. The number of amides is 2. The SMILES string of the molecule is O=C(Nc1ccc(-c2noc(=O)[nH]2)c(F)c1)[C@@H]1CCC2CC(c3c(-n4cnnn4)ccc(Cl)c3F)=CC(=O)N21. The summed E-state index contributed by atoms with van der Waals surface area (Å²) in [4.78, 5) is 41.2. The van der Waals surface area contributed by atoms with E-state index >= 15 is 4.39 Å². The second-order valence-electron chi connectivity index (χ2n) is 9.00. The van der Waals surface area contributed by atoms with Crippen molar-refractivity contribution in [3.8, 4) is 17.1 Å². The number of benzene rings is 2. The minimum atomic E-state index is -0.828. The molecular weight excluding hydrogens is 538 g/mol. The fourth-order valence-electron chi connectivity index (χ4n) is 5.05. The van der Waals surface area contributed by atoms with E-state index in [1.807, 2.05) is 0 Å². The molecule has 1 unspecified atom stereocenters. The van der Waals surface area contributed by atoms with Gasteiger partial charge in [0.1, 0.15) is 18.2 Å². The van der Waals surface area contributed by atoms with E-state index in [2.05, 4.69) is 35.5 Å². The van der Waals surface area contributed by atoms with E-state index in [-0.39, 0.29) is 40.1 Å². The van der Waals surface area contributed by atoms with Crippen LogP contribution in [-0.2, 0) is 9.59 Å². The fraction of sp³-hybridized carbons (Fsp3) is 0.208. The van der Waals surface area contributed by atoms with Gasteiger partial charge in [-0.05, 0) is 65.6 Å². The summed E-state index contributed by atoms with van der Waals surface area (Å²) in [6.07, 6.45) is 3.73. The van der Waals surface area contributed by atoms with Crippen LogP contribution >= 0.6 is 11.6 Å². The monoisotopic (exact) mass is 554 g/mol. The van der Waals surface area contributed by atoms with Gasteiger partial charge < -0.3 is 10.2 Å². The highest BCUT2D eigenvalue weighted by molar-refractivity contribution is 6.31. The molecule has 2 amide bonds. The number of tetrazole rings is 1. The van der Waals surface area contributed by atoms with Gasteiger partial charge in [0.2, 0.25) is 11.8 Å². The van der Waals surface area contributed by atoms with Crippen molar-refractivity contribution in [2.45, 2.75) is 31.3 Å². The lowest BCUT2D eigenvalue weighted by atomic mass is 9.92. The van der Waals surface area contributed by atoms with Crippen molar-refractivity contribution in [3.63, 3.8) is 0 Å². The second-order valence-corrected chi connectivity index (χ2v) is 9.41. The third-order valence-corrected chi connectivity index (χ3v) is 7.03. The highest BCUT2D eigenvalue weighted by atomic mass is 35.5. The van der Waals surface area contributed by atoms with Crippen LogP contribution in [0.2, 0.25) is 5.02 Å². The number of carbonyl (C=O) groups excluding carboxylic acids is 2. The van der Waals surface area contributed by atoms with Gasteiger partial charge in [-0.15, -0.1) is 5.10 Å². The van der Waals surface area contributed by atoms with E-state index in [0.717, 1.165) is 6.07 Å². The minimum Gasteiger partial charge on any atom is -0.324 e. The summed E-state index contributed by atoms with van der Waals surface area (Å²) < 4.78 is 35.5. The van der Waals surface area contributed by atoms with Gasteiger partial charge in [-0.1, -0.05) is 16.8 Å². The van der Waals surface area contributed by atoms with Crippen LogP contribution in [0, 0.1) is 11.6 Å². The Kier molecular flexibility index (Phi) is 6.02. The van der Waals surface area contributed by atoms with Gasteiger partial charge in [0.15, 0.2) is 11.6 Å². The molecule has 6 rings (SSSR count). The summed E-state index contributed by atoms with van der Waals surface area (Å²) in [5.41, 5.74) is 0.985. The average Bonchev–Trinajstić information content (AvgIpc) is 3.67. The molecule has 0 radical (unpaired) electrons. The number of hydrogen-bond acceptors (Lipinski definition) is 8. The summed E-state index contributed by atoms with van der Waals surface area (Å²) in [6, 6.07) is 5.61. The van der Waals surface area contributed by atoms with Crippen LogP contribution in [-0.4, -0.2) is 59.1 Å².